The van der Waals surface area contributed by atoms with Crippen molar-refractivity contribution in [3.05, 3.63) is 39.6 Å². The van der Waals surface area contributed by atoms with E-state index in [9.17, 15) is 0 Å². The van der Waals surface area contributed by atoms with Gasteiger partial charge in [-0.1, -0.05) is 11.6 Å². The Hall–Kier alpha value is -1.33. The van der Waals surface area contributed by atoms with Gasteiger partial charge in [0, 0.05) is 29.2 Å². The summed E-state index contributed by atoms with van der Waals surface area (Å²) < 4.78 is 0.856. The third kappa shape index (κ3) is 3.04. The number of anilines is 3. The Labute approximate surface area is 131 Å². The highest BCUT2D eigenvalue weighted by molar-refractivity contribution is 9.10. The zero-order valence-electron chi connectivity index (χ0n) is 11.0. The fourth-order valence-corrected chi connectivity index (χ4v) is 2.40. The van der Waals surface area contributed by atoms with E-state index in [0.29, 0.717) is 10.9 Å². The average Bonchev–Trinajstić information content (AvgIpc) is 3.27. The molecule has 1 fully saturated rings. The Morgan fingerprint density at radius 1 is 1.20 bits per heavy atom. The van der Waals surface area contributed by atoms with E-state index in [4.69, 9.17) is 11.6 Å². The van der Waals surface area contributed by atoms with Crippen molar-refractivity contribution in [2.24, 2.45) is 0 Å². The van der Waals surface area contributed by atoms with Crippen LogP contribution in [0.1, 0.15) is 24.6 Å². The molecule has 1 aliphatic rings. The molecule has 0 bridgehead atoms. The molecule has 2 aromatic rings. The van der Waals surface area contributed by atoms with Crippen molar-refractivity contribution in [2.75, 3.05) is 17.7 Å². The molecular weight excluding hydrogens is 340 g/mol. The highest BCUT2D eigenvalue weighted by Gasteiger charge is 2.27. The maximum absolute atomic E-state index is 6.00. The lowest BCUT2D eigenvalue weighted by molar-refractivity contribution is 0.932. The number of hydrogen-bond donors (Lipinski definition) is 2. The molecule has 0 atom stereocenters. The van der Waals surface area contributed by atoms with Gasteiger partial charge in [0.1, 0.15) is 17.5 Å². The van der Waals surface area contributed by atoms with Crippen molar-refractivity contribution in [3.63, 3.8) is 0 Å². The van der Waals surface area contributed by atoms with Crippen molar-refractivity contribution in [3.8, 4) is 0 Å². The summed E-state index contributed by atoms with van der Waals surface area (Å²) >= 11 is 9.41. The average molecular weight is 354 g/mol. The van der Waals surface area contributed by atoms with Crippen molar-refractivity contribution >= 4 is 44.9 Å². The molecule has 1 aliphatic carbocycles. The van der Waals surface area contributed by atoms with Crippen LogP contribution >= 0.6 is 27.5 Å². The molecule has 1 heterocycles. The van der Waals surface area contributed by atoms with Gasteiger partial charge in [-0.05, 0) is 47.0 Å². The molecule has 4 nitrogen and oxygen atoms in total. The van der Waals surface area contributed by atoms with Crippen LogP contribution in [0.25, 0.3) is 0 Å². The molecule has 1 saturated carbocycles. The molecule has 6 heteroatoms. The van der Waals surface area contributed by atoms with Gasteiger partial charge in [0.25, 0.3) is 0 Å². The van der Waals surface area contributed by atoms with Crippen LogP contribution in [0.2, 0.25) is 5.02 Å². The van der Waals surface area contributed by atoms with Crippen LogP contribution < -0.4 is 10.6 Å². The summed E-state index contributed by atoms with van der Waals surface area (Å²) in [6.45, 7) is 0. The normalized spacial score (nSPS) is 14.2. The van der Waals surface area contributed by atoms with E-state index in [2.05, 4.69) is 36.5 Å². The number of hydrogen-bond acceptors (Lipinski definition) is 4. The largest absolute Gasteiger partial charge is 0.373 e. The lowest BCUT2D eigenvalue weighted by Gasteiger charge is -2.10. The summed E-state index contributed by atoms with van der Waals surface area (Å²) in [6.07, 6.45) is 2.36. The summed E-state index contributed by atoms with van der Waals surface area (Å²) in [5.41, 5.74) is 0.934. The topological polar surface area (TPSA) is 49.8 Å². The Morgan fingerprint density at radius 2 is 1.95 bits per heavy atom. The van der Waals surface area contributed by atoms with Gasteiger partial charge in [0.2, 0.25) is 0 Å². The third-order valence-electron chi connectivity index (χ3n) is 3.13. The predicted molar refractivity (Wildman–Crippen MR) is 86.0 cm³/mol. The first-order chi connectivity index (χ1) is 9.65. The molecule has 1 aromatic carbocycles. The van der Waals surface area contributed by atoms with Crippen molar-refractivity contribution in [1.29, 1.82) is 0 Å². The van der Waals surface area contributed by atoms with E-state index < -0.39 is 0 Å². The zero-order chi connectivity index (χ0) is 14.1. The molecule has 1 aromatic heterocycles. The molecule has 0 aliphatic heterocycles. The molecule has 0 spiro atoms. The Balaban J connectivity index is 1.88. The van der Waals surface area contributed by atoms with Gasteiger partial charge in [-0.25, -0.2) is 9.97 Å². The standard InChI is InChI=1S/C14H14BrClN4/c1-17-12-7-13(20-14(19-12)8-2-3-8)18-9-4-5-11(16)10(15)6-9/h4-8H,2-3H2,1H3,(H2,17,18,19,20). The molecule has 0 unspecified atom stereocenters. The van der Waals surface area contributed by atoms with Crippen LogP contribution in [0.4, 0.5) is 17.3 Å². The Kier molecular flexibility index (Phi) is 3.81. The van der Waals surface area contributed by atoms with Crippen molar-refractivity contribution in [1.82, 2.24) is 9.97 Å². The number of nitrogens with one attached hydrogen (secondary N) is 2. The number of aromatic nitrogens is 2. The highest BCUT2D eigenvalue weighted by Crippen LogP contribution is 2.39. The second kappa shape index (κ2) is 5.58. The van der Waals surface area contributed by atoms with Crippen LogP contribution in [0.15, 0.2) is 28.7 Å². The summed E-state index contributed by atoms with van der Waals surface area (Å²) in [5.74, 6) is 3.05. The van der Waals surface area contributed by atoms with Gasteiger partial charge in [-0.2, -0.15) is 0 Å². The number of halogens is 2. The van der Waals surface area contributed by atoms with Gasteiger partial charge < -0.3 is 10.6 Å². The number of nitrogens with zero attached hydrogens (tertiary/aromatic N) is 2. The third-order valence-corrected chi connectivity index (χ3v) is 4.35. The second-order valence-electron chi connectivity index (χ2n) is 4.77. The summed E-state index contributed by atoms with van der Waals surface area (Å²) in [7, 11) is 1.86. The smallest absolute Gasteiger partial charge is 0.136 e. The molecular formula is C14H14BrClN4. The summed E-state index contributed by atoms with van der Waals surface area (Å²) in [5, 5.41) is 7.05. The van der Waals surface area contributed by atoms with Crippen LogP contribution in [0, 0.1) is 0 Å². The minimum Gasteiger partial charge on any atom is -0.373 e. The minimum absolute atomic E-state index is 0.515. The van der Waals surface area contributed by atoms with Gasteiger partial charge in [-0.3, -0.25) is 0 Å². The number of rotatable bonds is 4. The van der Waals surface area contributed by atoms with E-state index in [0.717, 1.165) is 27.6 Å². The van der Waals surface area contributed by atoms with Crippen LogP contribution in [-0.4, -0.2) is 17.0 Å². The first-order valence-corrected chi connectivity index (χ1v) is 7.61. The highest BCUT2D eigenvalue weighted by atomic mass is 79.9. The molecule has 0 radical (unpaired) electrons. The second-order valence-corrected chi connectivity index (χ2v) is 6.04. The van der Waals surface area contributed by atoms with E-state index >= 15 is 0 Å². The van der Waals surface area contributed by atoms with E-state index in [1.165, 1.54) is 12.8 Å². The predicted octanol–water partition coefficient (Wildman–Crippen LogP) is 4.56. The lowest BCUT2D eigenvalue weighted by Crippen LogP contribution is -2.03. The summed E-state index contributed by atoms with van der Waals surface area (Å²) in [6, 6.07) is 7.59. The van der Waals surface area contributed by atoms with E-state index in [-0.39, 0.29) is 0 Å². The quantitative estimate of drug-likeness (QED) is 0.846. The molecule has 20 heavy (non-hydrogen) atoms. The van der Waals surface area contributed by atoms with Gasteiger partial charge >= 0.3 is 0 Å². The Morgan fingerprint density at radius 3 is 2.60 bits per heavy atom. The maximum atomic E-state index is 6.00. The maximum Gasteiger partial charge on any atom is 0.136 e. The molecule has 2 N–H and O–H groups in total. The van der Waals surface area contributed by atoms with Gasteiger partial charge in [-0.15, -0.1) is 0 Å². The van der Waals surface area contributed by atoms with Gasteiger partial charge in [0.15, 0.2) is 0 Å². The summed E-state index contributed by atoms with van der Waals surface area (Å²) in [4.78, 5) is 9.07. The fourth-order valence-electron chi connectivity index (χ4n) is 1.90. The lowest BCUT2D eigenvalue weighted by atomic mass is 10.3. The first-order valence-electron chi connectivity index (χ1n) is 6.44. The first kappa shape index (κ1) is 13.6. The molecule has 104 valence electrons. The van der Waals surface area contributed by atoms with Crippen LogP contribution in [0.5, 0.6) is 0 Å². The van der Waals surface area contributed by atoms with Crippen LogP contribution in [0.3, 0.4) is 0 Å². The molecule has 0 saturated heterocycles. The zero-order valence-corrected chi connectivity index (χ0v) is 13.3. The van der Waals surface area contributed by atoms with E-state index in [1.807, 2.05) is 31.3 Å². The van der Waals surface area contributed by atoms with E-state index in [1.54, 1.807) is 0 Å². The van der Waals surface area contributed by atoms with Crippen molar-refractivity contribution < 1.29 is 0 Å². The van der Waals surface area contributed by atoms with Crippen LogP contribution in [-0.2, 0) is 0 Å². The molecule has 0 amide bonds. The minimum atomic E-state index is 0.515. The number of benzene rings is 1. The fraction of sp³-hybridized carbons (Fsp3) is 0.286. The SMILES string of the molecule is CNc1cc(Nc2ccc(Cl)c(Br)c2)nc(C2CC2)n1. The van der Waals surface area contributed by atoms with Gasteiger partial charge in [0.05, 0.1) is 5.02 Å². The monoisotopic (exact) mass is 352 g/mol. The Bertz CT molecular complexity index is 643. The van der Waals surface area contributed by atoms with Crippen molar-refractivity contribution in [2.45, 2.75) is 18.8 Å². The molecule has 3 rings (SSSR count).